The lowest BCUT2D eigenvalue weighted by molar-refractivity contribution is -0.192. The second-order valence-electron chi connectivity index (χ2n) is 6.89. The number of alkyl halides is 3. The molecule has 0 bridgehead atoms. The summed E-state index contributed by atoms with van der Waals surface area (Å²) in [6.07, 6.45) is 4.05. The zero-order chi connectivity index (χ0) is 22.3. The van der Waals surface area contributed by atoms with Crippen LogP contribution < -0.4 is 11.1 Å². The molecule has 0 spiro atoms. The van der Waals surface area contributed by atoms with Crippen molar-refractivity contribution in [2.75, 3.05) is 6.54 Å². The van der Waals surface area contributed by atoms with Crippen LogP contribution in [0.4, 0.5) is 13.2 Å². The van der Waals surface area contributed by atoms with E-state index in [2.05, 4.69) is 20.3 Å². The summed E-state index contributed by atoms with van der Waals surface area (Å²) in [4.78, 5) is 34.1. The molecule has 0 aromatic carbocycles. The first-order valence-corrected chi connectivity index (χ1v) is 9.25. The lowest BCUT2D eigenvalue weighted by Gasteiger charge is -2.28. The fraction of sp³-hybridized carbons (Fsp3) is 0.500. The number of carboxylic acids is 1. The molecule has 164 valence electrons. The van der Waals surface area contributed by atoms with Crippen molar-refractivity contribution in [3.63, 3.8) is 0 Å². The van der Waals surface area contributed by atoms with Crippen molar-refractivity contribution in [3.05, 3.63) is 36.2 Å². The van der Waals surface area contributed by atoms with Crippen LogP contribution in [0.2, 0.25) is 0 Å². The average molecular weight is 428 g/mol. The lowest BCUT2D eigenvalue weighted by Crippen LogP contribution is -2.39. The molecule has 1 saturated carbocycles. The van der Waals surface area contributed by atoms with Gasteiger partial charge in [-0.1, -0.05) is 0 Å². The Morgan fingerprint density at radius 1 is 1.27 bits per heavy atom. The van der Waals surface area contributed by atoms with E-state index in [1.807, 2.05) is 6.92 Å². The highest BCUT2D eigenvalue weighted by molar-refractivity contribution is 5.92. The number of hydrogen-bond acceptors (Lipinski definition) is 6. The van der Waals surface area contributed by atoms with Gasteiger partial charge in [0.25, 0.3) is 5.91 Å². The third-order valence-corrected chi connectivity index (χ3v) is 4.57. The number of nitrogens with one attached hydrogen (secondary N) is 1. The van der Waals surface area contributed by atoms with Crippen molar-refractivity contribution < 1.29 is 27.9 Å². The summed E-state index contributed by atoms with van der Waals surface area (Å²) in [6.45, 7) is 2.59. The molecule has 0 atom stereocenters. The molecule has 4 N–H and O–H groups in total. The number of imidazole rings is 1. The third kappa shape index (κ3) is 6.79. The summed E-state index contributed by atoms with van der Waals surface area (Å²) >= 11 is 0. The molecule has 12 heteroatoms. The first-order valence-electron chi connectivity index (χ1n) is 9.25. The summed E-state index contributed by atoms with van der Waals surface area (Å²) in [7, 11) is 0. The van der Waals surface area contributed by atoms with Gasteiger partial charge in [-0.25, -0.2) is 19.7 Å². The zero-order valence-electron chi connectivity index (χ0n) is 16.3. The van der Waals surface area contributed by atoms with Gasteiger partial charge in [-0.2, -0.15) is 13.2 Å². The second-order valence-corrected chi connectivity index (χ2v) is 6.89. The molecule has 0 aliphatic heterocycles. The van der Waals surface area contributed by atoms with E-state index in [0.29, 0.717) is 17.6 Å². The van der Waals surface area contributed by atoms with Crippen LogP contribution in [0.3, 0.4) is 0 Å². The number of aliphatic carboxylic acids is 1. The molecule has 1 amide bonds. The van der Waals surface area contributed by atoms with E-state index in [9.17, 15) is 18.0 Å². The Bertz CT molecular complexity index is 849. The summed E-state index contributed by atoms with van der Waals surface area (Å²) in [5.41, 5.74) is 6.85. The molecular formula is C18H23F3N6O3. The Morgan fingerprint density at radius 2 is 1.90 bits per heavy atom. The number of aryl methyl sites for hydroxylation is 1. The second kappa shape index (κ2) is 10.1. The van der Waals surface area contributed by atoms with E-state index < -0.39 is 12.1 Å². The average Bonchev–Trinajstić information content (AvgIpc) is 3.23. The smallest absolute Gasteiger partial charge is 0.475 e. The topological polar surface area (TPSA) is 136 Å². The highest BCUT2D eigenvalue weighted by Gasteiger charge is 2.38. The quantitative estimate of drug-likeness (QED) is 0.676. The molecule has 9 nitrogen and oxygen atoms in total. The fourth-order valence-corrected chi connectivity index (χ4v) is 2.96. The number of halogens is 3. The molecule has 2 aromatic rings. The molecular weight excluding hydrogens is 405 g/mol. The Balaban J connectivity index is 0.000000396. The molecule has 0 unspecified atom stereocenters. The van der Waals surface area contributed by atoms with Crippen LogP contribution in [0, 0.1) is 12.8 Å². The number of rotatable bonds is 4. The van der Waals surface area contributed by atoms with Crippen molar-refractivity contribution in [3.8, 4) is 5.95 Å². The van der Waals surface area contributed by atoms with Gasteiger partial charge in [-0.15, -0.1) is 0 Å². The number of nitrogens with two attached hydrogens (primary N) is 1. The van der Waals surface area contributed by atoms with E-state index in [1.54, 1.807) is 29.4 Å². The molecule has 2 aromatic heterocycles. The third-order valence-electron chi connectivity index (χ3n) is 4.57. The van der Waals surface area contributed by atoms with Gasteiger partial charge < -0.3 is 16.2 Å². The van der Waals surface area contributed by atoms with Gasteiger partial charge in [-0.3, -0.25) is 9.36 Å². The van der Waals surface area contributed by atoms with Crippen LogP contribution in [0.1, 0.15) is 41.9 Å². The van der Waals surface area contributed by atoms with Crippen molar-refractivity contribution >= 4 is 11.9 Å². The Kier molecular flexibility index (Phi) is 7.86. The number of carbonyl (C=O) groups is 2. The maximum absolute atomic E-state index is 12.5. The minimum absolute atomic E-state index is 0.145. The lowest BCUT2D eigenvalue weighted by atomic mass is 9.86. The maximum Gasteiger partial charge on any atom is 0.490 e. The van der Waals surface area contributed by atoms with Crippen molar-refractivity contribution in [1.29, 1.82) is 0 Å². The van der Waals surface area contributed by atoms with Gasteiger partial charge in [0.15, 0.2) is 0 Å². The minimum Gasteiger partial charge on any atom is -0.475 e. The molecule has 1 aliphatic carbocycles. The first-order chi connectivity index (χ1) is 14.1. The summed E-state index contributed by atoms with van der Waals surface area (Å²) < 4.78 is 33.4. The number of aromatic nitrogens is 4. The summed E-state index contributed by atoms with van der Waals surface area (Å²) in [6, 6.07) is 1.92. The molecule has 0 radical (unpaired) electrons. The van der Waals surface area contributed by atoms with Crippen LogP contribution >= 0.6 is 0 Å². The van der Waals surface area contributed by atoms with E-state index >= 15 is 0 Å². The Hall–Kier alpha value is -3.02. The summed E-state index contributed by atoms with van der Waals surface area (Å²) in [5, 5.41) is 10.2. The highest BCUT2D eigenvalue weighted by atomic mass is 19.4. The number of hydrogen-bond donors (Lipinski definition) is 3. The standard InChI is InChI=1S/C16H22N6O.C2HF3O2/c1-11-8-14(21-16(19-11)22-7-6-18-10-22)15(23)20-13-4-2-12(9-17)3-5-13;3-2(4,5)1(6)7/h6-8,10,12-13H,2-5,9,17H2,1H3,(H,20,23);(H,6,7). The SMILES string of the molecule is Cc1cc(C(=O)NC2CCC(CN)CC2)nc(-n2ccnc2)n1.O=C(O)C(F)(F)F. The normalized spacial score (nSPS) is 18.8. The van der Waals surface area contributed by atoms with Crippen molar-refractivity contribution in [2.24, 2.45) is 11.7 Å². The van der Waals surface area contributed by atoms with Crippen LogP contribution in [0.25, 0.3) is 5.95 Å². The van der Waals surface area contributed by atoms with E-state index in [1.165, 1.54) is 0 Å². The van der Waals surface area contributed by atoms with Crippen LogP contribution in [-0.4, -0.2) is 55.3 Å². The number of carboxylic acid groups (broad SMARTS) is 1. The van der Waals surface area contributed by atoms with Crippen LogP contribution in [-0.2, 0) is 4.79 Å². The number of nitrogens with zero attached hydrogens (tertiary/aromatic N) is 4. The van der Waals surface area contributed by atoms with Gasteiger partial charge in [0.2, 0.25) is 5.95 Å². The molecule has 1 aliphatic rings. The molecule has 30 heavy (non-hydrogen) atoms. The number of amides is 1. The van der Waals surface area contributed by atoms with Gasteiger partial charge in [0, 0.05) is 24.1 Å². The summed E-state index contributed by atoms with van der Waals surface area (Å²) in [5.74, 6) is -1.85. The predicted octanol–water partition coefficient (Wildman–Crippen LogP) is 1.85. The Morgan fingerprint density at radius 3 is 2.40 bits per heavy atom. The van der Waals surface area contributed by atoms with Gasteiger partial charge in [-0.05, 0) is 51.1 Å². The van der Waals surface area contributed by atoms with E-state index in [-0.39, 0.29) is 11.9 Å². The highest BCUT2D eigenvalue weighted by Crippen LogP contribution is 2.23. The molecule has 0 saturated heterocycles. The molecule has 1 fully saturated rings. The monoisotopic (exact) mass is 428 g/mol. The van der Waals surface area contributed by atoms with E-state index in [4.69, 9.17) is 15.6 Å². The first kappa shape index (κ1) is 23.3. The zero-order valence-corrected chi connectivity index (χ0v) is 16.3. The van der Waals surface area contributed by atoms with Crippen LogP contribution in [0.5, 0.6) is 0 Å². The predicted molar refractivity (Wildman–Crippen MR) is 99.8 cm³/mol. The van der Waals surface area contributed by atoms with Crippen molar-refractivity contribution in [1.82, 2.24) is 24.8 Å². The van der Waals surface area contributed by atoms with Gasteiger partial charge >= 0.3 is 12.1 Å². The molecule has 3 rings (SSSR count). The fourth-order valence-electron chi connectivity index (χ4n) is 2.96. The minimum atomic E-state index is -5.08. The van der Waals surface area contributed by atoms with Crippen molar-refractivity contribution in [2.45, 2.75) is 44.8 Å². The molecule has 2 heterocycles. The van der Waals surface area contributed by atoms with Gasteiger partial charge in [0.1, 0.15) is 12.0 Å². The largest absolute Gasteiger partial charge is 0.490 e. The Labute approximate surface area is 170 Å². The maximum atomic E-state index is 12.5. The van der Waals surface area contributed by atoms with Crippen LogP contribution in [0.15, 0.2) is 24.8 Å². The van der Waals surface area contributed by atoms with Gasteiger partial charge in [0.05, 0.1) is 0 Å². The van der Waals surface area contributed by atoms with E-state index in [0.717, 1.165) is 37.9 Å². The number of carbonyl (C=O) groups excluding carboxylic acids is 1.